The van der Waals surface area contributed by atoms with E-state index in [4.69, 9.17) is 20.9 Å². The van der Waals surface area contributed by atoms with Crippen LogP contribution in [0.3, 0.4) is 0 Å². The van der Waals surface area contributed by atoms with Crippen molar-refractivity contribution in [2.45, 2.75) is 25.0 Å². The normalized spacial score (nSPS) is 18.9. The number of fused-ring (bicyclic) bond motifs is 3. The summed E-state index contributed by atoms with van der Waals surface area (Å²) in [7, 11) is 0. The first-order valence-electron chi connectivity index (χ1n) is 6.45. The second-order valence-corrected chi connectivity index (χ2v) is 4.86. The van der Waals surface area contributed by atoms with Crippen LogP contribution in [-0.2, 0) is 4.79 Å². The minimum Gasteiger partial charge on any atom is -0.486 e. The van der Waals surface area contributed by atoms with Crippen LogP contribution in [0.1, 0.15) is 12.8 Å². The maximum absolute atomic E-state index is 10.9. The van der Waals surface area contributed by atoms with E-state index in [0.29, 0.717) is 30.9 Å². The molecule has 0 fully saturated rings. The Hall–Kier alpha value is -2.28. The summed E-state index contributed by atoms with van der Waals surface area (Å²) in [6, 6.07) is 3.13. The van der Waals surface area contributed by atoms with Crippen LogP contribution in [0.2, 0.25) is 0 Å². The zero-order valence-electron chi connectivity index (χ0n) is 10.8. The molecule has 1 aliphatic heterocycles. The smallest absolute Gasteiger partial charge is 0.234 e. The second-order valence-electron chi connectivity index (χ2n) is 4.86. The van der Waals surface area contributed by atoms with Gasteiger partial charge in [0.25, 0.3) is 0 Å². The van der Waals surface area contributed by atoms with Crippen LogP contribution in [0.15, 0.2) is 18.3 Å². The van der Waals surface area contributed by atoms with E-state index in [-0.39, 0.29) is 6.10 Å². The monoisotopic (exact) mass is 276 g/mol. The summed E-state index contributed by atoms with van der Waals surface area (Å²) >= 11 is 0. The Balaban J connectivity index is 1.74. The van der Waals surface area contributed by atoms with E-state index in [0.717, 1.165) is 10.9 Å². The summed E-state index contributed by atoms with van der Waals surface area (Å²) in [6.07, 6.45) is 2.65. The Morgan fingerprint density at radius 1 is 1.55 bits per heavy atom. The van der Waals surface area contributed by atoms with Gasteiger partial charge in [-0.15, -0.1) is 0 Å². The lowest BCUT2D eigenvalue weighted by Gasteiger charge is -2.27. The summed E-state index contributed by atoms with van der Waals surface area (Å²) in [5, 5.41) is 7.85. The molecule has 1 aromatic heterocycles. The molecule has 0 bridgehead atoms. The minimum atomic E-state index is -0.650. The molecule has 3 rings (SSSR count). The lowest BCUT2D eigenvalue weighted by Crippen LogP contribution is -2.38. The number of carbonyl (C=O) groups excluding carboxylic acids is 1. The van der Waals surface area contributed by atoms with Gasteiger partial charge < -0.3 is 20.9 Å². The van der Waals surface area contributed by atoms with Gasteiger partial charge in [0.1, 0.15) is 18.2 Å². The number of hydrogen-bond donors (Lipinski definition) is 3. The van der Waals surface area contributed by atoms with Crippen molar-refractivity contribution in [3.8, 4) is 11.5 Å². The molecular weight excluding hydrogens is 260 g/mol. The highest BCUT2D eigenvalue weighted by Gasteiger charge is 2.24. The lowest BCUT2D eigenvalue weighted by molar-refractivity contribution is -0.119. The van der Waals surface area contributed by atoms with Crippen molar-refractivity contribution in [1.82, 2.24) is 10.2 Å². The highest BCUT2D eigenvalue weighted by molar-refractivity contribution is 5.86. The molecule has 0 aliphatic carbocycles. The molecule has 7 nitrogen and oxygen atoms in total. The quantitative estimate of drug-likeness (QED) is 0.742. The fourth-order valence-electron chi connectivity index (χ4n) is 2.23. The molecule has 0 spiro atoms. The van der Waals surface area contributed by atoms with E-state index in [1.54, 1.807) is 6.20 Å². The van der Waals surface area contributed by atoms with Gasteiger partial charge in [0.05, 0.1) is 12.2 Å². The highest BCUT2D eigenvalue weighted by atomic mass is 16.6. The van der Waals surface area contributed by atoms with Crippen molar-refractivity contribution in [3.05, 3.63) is 18.3 Å². The molecule has 1 amide bonds. The van der Waals surface area contributed by atoms with Crippen molar-refractivity contribution in [2.24, 2.45) is 11.5 Å². The molecule has 1 aromatic carbocycles. The SMILES string of the molecule is NC(=O)C(N)CC[C@H]1COc2ccc3cn[nH]c3c2O1. The van der Waals surface area contributed by atoms with Gasteiger partial charge in [0.15, 0.2) is 11.5 Å². The number of amides is 1. The number of carbonyl (C=O) groups is 1. The average Bonchev–Trinajstić information content (AvgIpc) is 2.93. The van der Waals surface area contributed by atoms with Gasteiger partial charge in [-0.05, 0) is 25.0 Å². The lowest BCUT2D eigenvalue weighted by atomic mass is 10.1. The number of rotatable bonds is 4. The molecule has 2 aromatic rings. The Bertz CT molecular complexity index is 640. The number of ether oxygens (including phenoxy) is 2. The number of primary amides is 1. The summed E-state index contributed by atoms with van der Waals surface area (Å²) in [5.41, 5.74) is 11.6. The first-order valence-corrected chi connectivity index (χ1v) is 6.45. The average molecular weight is 276 g/mol. The first-order chi connectivity index (χ1) is 9.65. The number of nitrogens with two attached hydrogens (primary N) is 2. The second kappa shape index (κ2) is 5.01. The topological polar surface area (TPSA) is 116 Å². The number of aromatic nitrogens is 2. The minimum absolute atomic E-state index is 0.151. The standard InChI is InChI=1S/C13H16N4O3/c14-9(13(15)18)3-2-8-6-19-10-4-1-7-5-16-17-11(7)12(10)20-8/h1,4-5,8-9H,2-3,6,14H2,(H2,15,18)(H,16,17)/t8-,9?/m0/s1. The highest BCUT2D eigenvalue weighted by Crippen LogP contribution is 2.38. The molecule has 0 saturated heterocycles. The van der Waals surface area contributed by atoms with E-state index < -0.39 is 11.9 Å². The molecule has 0 saturated carbocycles. The van der Waals surface area contributed by atoms with Gasteiger partial charge in [-0.25, -0.2) is 0 Å². The molecule has 0 radical (unpaired) electrons. The number of nitrogens with one attached hydrogen (secondary N) is 1. The Morgan fingerprint density at radius 3 is 3.20 bits per heavy atom. The van der Waals surface area contributed by atoms with Gasteiger partial charge in [-0.1, -0.05) is 0 Å². The van der Waals surface area contributed by atoms with Gasteiger partial charge in [0.2, 0.25) is 5.91 Å². The number of H-pyrrole nitrogens is 1. The van der Waals surface area contributed by atoms with E-state index in [9.17, 15) is 4.79 Å². The predicted molar refractivity (Wildman–Crippen MR) is 72.4 cm³/mol. The summed E-state index contributed by atoms with van der Waals surface area (Å²) in [6.45, 7) is 0.429. The summed E-state index contributed by atoms with van der Waals surface area (Å²) in [4.78, 5) is 10.9. The molecule has 5 N–H and O–H groups in total. The van der Waals surface area contributed by atoms with Crippen molar-refractivity contribution < 1.29 is 14.3 Å². The fraction of sp³-hybridized carbons (Fsp3) is 0.385. The molecule has 1 unspecified atom stereocenters. The van der Waals surface area contributed by atoms with E-state index >= 15 is 0 Å². The van der Waals surface area contributed by atoms with Crippen molar-refractivity contribution in [3.63, 3.8) is 0 Å². The maximum Gasteiger partial charge on any atom is 0.234 e. The largest absolute Gasteiger partial charge is 0.486 e. The third-order valence-electron chi connectivity index (χ3n) is 3.41. The first kappa shape index (κ1) is 12.7. The van der Waals surface area contributed by atoms with Gasteiger partial charge in [-0.3, -0.25) is 9.89 Å². The van der Waals surface area contributed by atoms with E-state index in [2.05, 4.69) is 10.2 Å². The van der Waals surface area contributed by atoms with Crippen LogP contribution < -0.4 is 20.9 Å². The summed E-state index contributed by atoms with van der Waals surface area (Å²) < 4.78 is 11.6. The van der Waals surface area contributed by atoms with Crippen LogP contribution in [0, 0.1) is 0 Å². The zero-order chi connectivity index (χ0) is 14.1. The van der Waals surface area contributed by atoms with Crippen molar-refractivity contribution in [1.29, 1.82) is 0 Å². The molecule has 1 aliphatic rings. The Kier molecular flexibility index (Phi) is 3.19. The van der Waals surface area contributed by atoms with Crippen LogP contribution in [0.4, 0.5) is 0 Å². The molecule has 7 heteroatoms. The van der Waals surface area contributed by atoms with Crippen LogP contribution in [0.25, 0.3) is 10.9 Å². The van der Waals surface area contributed by atoms with E-state index in [1.165, 1.54) is 0 Å². The van der Waals surface area contributed by atoms with Gasteiger partial charge in [0, 0.05) is 5.39 Å². The molecule has 106 valence electrons. The molecular formula is C13H16N4O3. The van der Waals surface area contributed by atoms with Crippen LogP contribution >= 0.6 is 0 Å². The van der Waals surface area contributed by atoms with E-state index in [1.807, 2.05) is 12.1 Å². The van der Waals surface area contributed by atoms with Gasteiger partial charge in [-0.2, -0.15) is 5.10 Å². The van der Waals surface area contributed by atoms with Crippen LogP contribution in [-0.4, -0.2) is 34.9 Å². The number of aromatic amines is 1. The third-order valence-corrected chi connectivity index (χ3v) is 3.41. The van der Waals surface area contributed by atoms with Crippen molar-refractivity contribution >= 4 is 16.8 Å². The predicted octanol–water partition coefficient (Wildman–Crippen LogP) is 0.295. The number of benzene rings is 1. The third kappa shape index (κ3) is 2.27. The number of nitrogens with zero attached hydrogens (tertiary/aromatic N) is 1. The van der Waals surface area contributed by atoms with Crippen molar-refractivity contribution in [2.75, 3.05) is 6.61 Å². The fourth-order valence-corrected chi connectivity index (χ4v) is 2.23. The Labute approximate surface area is 115 Å². The molecule has 2 heterocycles. The molecule has 2 atom stereocenters. The Morgan fingerprint density at radius 2 is 2.40 bits per heavy atom. The number of hydrogen-bond acceptors (Lipinski definition) is 5. The summed E-state index contributed by atoms with van der Waals surface area (Å²) in [5.74, 6) is 0.846. The maximum atomic E-state index is 10.9. The molecule has 20 heavy (non-hydrogen) atoms. The van der Waals surface area contributed by atoms with Gasteiger partial charge >= 0.3 is 0 Å². The van der Waals surface area contributed by atoms with Crippen LogP contribution in [0.5, 0.6) is 11.5 Å². The zero-order valence-corrected chi connectivity index (χ0v) is 10.8.